The van der Waals surface area contributed by atoms with Crippen molar-refractivity contribution in [3.8, 4) is 0 Å². The SMILES string of the molecule is CCOC1CCN(C2CCCNCC2)CC1. The number of ether oxygens (including phenoxy) is 1. The molecule has 3 heteroatoms. The Morgan fingerprint density at radius 1 is 1.12 bits per heavy atom. The summed E-state index contributed by atoms with van der Waals surface area (Å²) in [5.74, 6) is 0. The van der Waals surface area contributed by atoms with Crippen LogP contribution in [0, 0.1) is 0 Å². The molecular formula is C13H26N2O. The molecule has 0 saturated carbocycles. The van der Waals surface area contributed by atoms with Gasteiger partial charge in [-0.25, -0.2) is 0 Å². The van der Waals surface area contributed by atoms with Gasteiger partial charge in [0.15, 0.2) is 0 Å². The average Bonchev–Trinajstić information content (AvgIpc) is 2.59. The second kappa shape index (κ2) is 6.58. The fourth-order valence-electron chi connectivity index (χ4n) is 3.01. The van der Waals surface area contributed by atoms with E-state index in [-0.39, 0.29) is 0 Å². The third-order valence-corrected chi connectivity index (χ3v) is 3.94. The van der Waals surface area contributed by atoms with Gasteiger partial charge in [0, 0.05) is 25.7 Å². The summed E-state index contributed by atoms with van der Waals surface area (Å²) in [7, 11) is 0. The van der Waals surface area contributed by atoms with Gasteiger partial charge in [-0.2, -0.15) is 0 Å². The quantitative estimate of drug-likeness (QED) is 0.791. The lowest BCUT2D eigenvalue weighted by Crippen LogP contribution is -2.43. The highest BCUT2D eigenvalue weighted by molar-refractivity contribution is 4.81. The maximum absolute atomic E-state index is 5.70. The van der Waals surface area contributed by atoms with E-state index < -0.39 is 0 Å². The van der Waals surface area contributed by atoms with E-state index in [2.05, 4.69) is 17.1 Å². The number of nitrogens with one attached hydrogen (secondary N) is 1. The normalized spacial score (nSPS) is 30.2. The minimum atomic E-state index is 0.533. The zero-order valence-corrected chi connectivity index (χ0v) is 10.6. The molecule has 0 aromatic rings. The molecule has 0 radical (unpaired) electrons. The molecule has 2 aliphatic heterocycles. The van der Waals surface area contributed by atoms with Crippen LogP contribution in [0.1, 0.15) is 39.0 Å². The van der Waals surface area contributed by atoms with Crippen molar-refractivity contribution in [2.45, 2.75) is 51.2 Å². The average molecular weight is 226 g/mol. The molecule has 2 saturated heterocycles. The summed E-state index contributed by atoms with van der Waals surface area (Å²) in [4.78, 5) is 2.70. The number of likely N-dealkylation sites (tertiary alicyclic amines) is 1. The van der Waals surface area contributed by atoms with E-state index in [0.29, 0.717) is 6.10 Å². The summed E-state index contributed by atoms with van der Waals surface area (Å²) >= 11 is 0. The molecule has 1 unspecified atom stereocenters. The Bertz CT molecular complexity index is 182. The van der Waals surface area contributed by atoms with Crippen molar-refractivity contribution in [3.63, 3.8) is 0 Å². The summed E-state index contributed by atoms with van der Waals surface area (Å²) < 4.78 is 5.70. The molecule has 2 aliphatic rings. The molecule has 1 atom stereocenters. The van der Waals surface area contributed by atoms with Gasteiger partial charge in [-0.05, 0) is 52.1 Å². The highest BCUT2D eigenvalue weighted by Gasteiger charge is 2.25. The number of nitrogens with zero attached hydrogens (tertiary/aromatic N) is 1. The van der Waals surface area contributed by atoms with E-state index in [1.807, 2.05) is 0 Å². The molecule has 0 aromatic carbocycles. The van der Waals surface area contributed by atoms with Crippen LogP contribution < -0.4 is 5.32 Å². The number of hydrogen-bond donors (Lipinski definition) is 1. The lowest BCUT2D eigenvalue weighted by atomic mass is 10.0. The van der Waals surface area contributed by atoms with E-state index in [1.165, 1.54) is 58.3 Å². The summed E-state index contributed by atoms with van der Waals surface area (Å²) in [6, 6.07) is 0.831. The number of piperidine rings is 1. The summed E-state index contributed by atoms with van der Waals surface area (Å²) in [6.45, 7) is 7.88. The van der Waals surface area contributed by atoms with Gasteiger partial charge in [-0.3, -0.25) is 0 Å². The predicted octanol–water partition coefficient (Wildman–Crippen LogP) is 1.63. The van der Waals surface area contributed by atoms with Gasteiger partial charge in [0.05, 0.1) is 6.10 Å². The third-order valence-electron chi connectivity index (χ3n) is 3.94. The first-order valence-corrected chi connectivity index (χ1v) is 6.96. The van der Waals surface area contributed by atoms with Gasteiger partial charge in [-0.15, -0.1) is 0 Å². The van der Waals surface area contributed by atoms with Crippen molar-refractivity contribution < 1.29 is 4.74 Å². The highest BCUT2D eigenvalue weighted by Crippen LogP contribution is 2.20. The Morgan fingerprint density at radius 2 is 1.94 bits per heavy atom. The molecule has 16 heavy (non-hydrogen) atoms. The Labute approximate surface area is 99.5 Å². The van der Waals surface area contributed by atoms with Crippen molar-refractivity contribution in [1.82, 2.24) is 10.2 Å². The summed E-state index contributed by atoms with van der Waals surface area (Å²) in [6.07, 6.45) is 7.06. The lowest BCUT2D eigenvalue weighted by molar-refractivity contribution is 0.00262. The van der Waals surface area contributed by atoms with Crippen LogP contribution in [0.15, 0.2) is 0 Å². The molecule has 1 N–H and O–H groups in total. The van der Waals surface area contributed by atoms with Crippen LogP contribution >= 0.6 is 0 Å². The molecular weight excluding hydrogens is 200 g/mol. The van der Waals surface area contributed by atoms with Crippen LogP contribution in [-0.2, 0) is 4.74 Å². The van der Waals surface area contributed by atoms with Gasteiger partial charge >= 0.3 is 0 Å². The Balaban J connectivity index is 1.74. The zero-order chi connectivity index (χ0) is 11.2. The molecule has 0 bridgehead atoms. The molecule has 2 fully saturated rings. The predicted molar refractivity (Wildman–Crippen MR) is 66.7 cm³/mol. The molecule has 2 heterocycles. The smallest absolute Gasteiger partial charge is 0.0599 e. The Hall–Kier alpha value is -0.120. The van der Waals surface area contributed by atoms with E-state index in [0.717, 1.165) is 12.6 Å². The second-order valence-electron chi connectivity index (χ2n) is 5.03. The third kappa shape index (κ3) is 3.44. The van der Waals surface area contributed by atoms with Crippen molar-refractivity contribution in [1.29, 1.82) is 0 Å². The monoisotopic (exact) mass is 226 g/mol. The van der Waals surface area contributed by atoms with E-state index in [4.69, 9.17) is 4.74 Å². The van der Waals surface area contributed by atoms with Crippen LogP contribution in [-0.4, -0.2) is 49.8 Å². The first-order valence-electron chi connectivity index (χ1n) is 6.96. The zero-order valence-electron chi connectivity index (χ0n) is 10.6. The van der Waals surface area contributed by atoms with E-state index >= 15 is 0 Å². The highest BCUT2D eigenvalue weighted by atomic mass is 16.5. The fraction of sp³-hybridized carbons (Fsp3) is 1.00. The lowest BCUT2D eigenvalue weighted by Gasteiger charge is -2.37. The van der Waals surface area contributed by atoms with Crippen LogP contribution in [0.4, 0.5) is 0 Å². The number of hydrogen-bond acceptors (Lipinski definition) is 3. The van der Waals surface area contributed by atoms with Gasteiger partial charge < -0.3 is 15.0 Å². The Kier molecular flexibility index (Phi) is 5.07. The summed E-state index contributed by atoms with van der Waals surface area (Å²) in [5.41, 5.74) is 0. The topological polar surface area (TPSA) is 24.5 Å². The van der Waals surface area contributed by atoms with Crippen LogP contribution in [0.3, 0.4) is 0 Å². The van der Waals surface area contributed by atoms with Gasteiger partial charge in [0.2, 0.25) is 0 Å². The fourth-order valence-corrected chi connectivity index (χ4v) is 3.01. The molecule has 0 amide bonds. The van der Waals surface area contributed by atoms with Gasteiger partial charge in [-0.1, -0.05) is 0 Å². The summed E-state index contributed by atoms with van der Waals surface area (Å²) in [5, 5.41) is 3.49. The first kappa shape index (κ1) is 12.3. The molecule has 3 nitrogen and oxygen atoms in total. The molecule has 0 aromatic heterocycles. The van der Waals surface area contributed by atoms with Crippen molar-refractivity contribution in [3.05, 3.63) is 0 Å². The second-order valence-corrected chi connectivity index (χ2v) is 5.03. The van der Waals surface area contributed by atoms with Crippen LogP contribution in [0.25, 0.3) is 0 Å². The maximum Gasteiger partial charge on any atom is 0.0599 e. The van der Waals surface area contributed by atoms with E-state index in [9.17, 15) is 0 Å². The van der Waals surface area contributed by atoms with E-state index in [1.54, 1.807) is 0 Å². The largest absolute Gasteiger partial charge is 0.378 e. The molecule has 0 spiro atoms. The minimum absolute atomic E-state index is 0.533. The van der Waals surface area contributed by atoms with Crippen LogP contribution in [0.5, 0.6) is 0 Å². The number of rotatable bonds is 3. The van der Waals surface area contributed by atoms with Crippen LogP contribution in [0.2, 0.25) is 0 Å². The maximum atomic E-state index is 5.70. The van der Waals surface area contributed by atoms with Crippen molar-refractivity contribution >= 4 is 0 Å². The molecule has 0 aliphatic carbocycles. The van der Waals surface area contributed by atoms with Crippen molar-refractivity contribution in [2.24, 2.45) is 0 Å². The molecule has 2 rings (SSSR count). The first-order chi connectivity index (χ1) is 7.90. The Morgan fingerprint density at radius 3 is 2.69 bits per heavy atom. The van der Waals surface area contributed by atoms with Gasteiger partial charge in [0.25, 0.3) is 0 Å². The minimum Gasteiger partial charge on any atom is -0.378 e. The standard InChI is InChI=1S/C13H26N2O/c1-2-16-13-6-10-15(11-7-13)12-4-3-8-14-9-5-12/h12-14H,2-11H2,1H3. The molecule has 94 valence electrons. The van der Waals surface area contributed by atoms with Gasteiger partial charge in [0.1, 0.15) is 0 Å². The van der Waals surface area contributed by atoms with Crippen molar-refractivity contribution in [2.75, 3.05) is 32.8 Å².